The maximum absolute atomic E-state index is 13.1. The Bertz CT molecular complexity index is 630. The van der Waals surface area contributed by atoms with Crippen molar-refractivity contribution in [2.75, 3.05) is 39.3 Å². The fourth-order valence-corrected chi connectivity index (χ4v) is 3.83. The maximum Gasteiger partial charge on any atom is 0.222 e. The van der Waals surface area contributed by atoms with Crippen molar-refractivity contribution in [2.45, 2.75) is 58.9 Å². The van der Waals surface area contributed by atoms with Crippen LogP contribution in [0.25, 0.3) is 0 Å². The molecule has 6 heteroatoms. The van der Waals surface area contributed by atoms with Gasteiger partial charge >= 0.3 is 0 Å². The predicted molar refractivity (Wildman–Crippen MR) is 114 cm³/mol. The molecule has 2 rings (SSSR count). The van der Waals surface area contributed by atoms with Gasteiger partial charge in [0.1, 0.15) is 5.82 Å². The first-order valence-corrected chi connectivity index (χ1v) is 11.1. The van der Waals surface area contributed by atoms with Gasteiger partial charge in [0, 0.05) is 58.7 Å². The molecular weight excluding hydrogens is 369 g/mol. The molecule has 2 amide bonds. The summed E-state index contributed by atoms with van der Waals surface area (Å²) in [7, 11) is 0. The molecule has 0 atom stereocenters. The zero-order valence-electron chi connectivity index (χ0n) is 18.0. The largest absolute Gasteiger partial charge is 0.343 e. The van der Waals surface area contributed by atoms with E-state index in [1.54, 1.807) is 0 Å². The lowest BCUT2D eigenvalue weighted by Crippen LogP contribution is -2.35. The van der Waals surface area contributed by atoms with Gasteiger partial charge in [0.15, 0.2) is 0 Å². The van der Waals surface area contributed by atoms with Gasteiger partial charge in [-0.3, -0.25) is 14.5 Å². The first-order valence-electron chi connectivity index (χ1n) is 11.1. The zero-order valence-corrected chi connectivity index (χ0v) is 18.0. The third kappa shape index (κ3) is 8.13. The summed E-state index contributed by atoms with van der Waals surface area (Å²) in [5, 5.41) is 0. The number of hydrogen-bond donors (Lipinski definition) is 0. The Balaban J connectivity index is 1.73. The molecule has 162 valence electrons. The maximum atomic E-state index is 13.1. The van der Waals surface area contributed by atoms with Crippen molar-refractivity contribution < 1.29 is 14.0 Å². The van der Waals surface area contributed by atoms with Crippen molar-refractivity contribution in [1.29, 1.82) is 0 Å². The number of halogens is 1. The molecular formula is C23H36FN3O2. The van der Waals surface area contributed by atoms with E-state index in [1.807, 2.05) is 21.9 Å². The van der Waals surface area contributed by atoms with Crippen LogP contribution in [0, 0.1) is 5.82 Å². The second-order valence-electron chi connectivity index (χ2n) is 7.87. The van der Waals surface area contributed by atoms with Crippen LogP contribution < -0.4 is 0 Å². The number of benzene rings is 1. The normalized spacial score (nSPS) is 15.2. The van der Waals surface area contributed by atoms with E-state index in [0.717, 1.165) is 64.1 Å². The smallest absolute Gasteiger partial charge is 0.222 e. The second-order valence-corrected chi connectivity index (χ2v) is 7.87. The average molecular weight is 406 g/mol. The minimum atomic E-state index is -0.215. The molecule has 0 unspecified atom stereocenters. The van der Waals surface area contributed by atoms with Crippen LogP contribution in [0.3, 0.4) is 0 Å². The summed E-state index contributed by atoms with van der Waals surface area (Å²) in [6, 6.07) is 6.62. The minimum absolute atomic E-state index is 0.152. The molecule has 1 saturated heterocycles. The summed E-state index contributed by atoms with van der Waals surface area (Å²) in [5.74, 6) is 0.106. The van der Waals surface area contributed by atoms with Crippen molar-refractivity contribution >= 4 is 11.8 Å². The molecule has 1 aromatic rings. The molecule has 0 radical (unpaired) electrons. The van der Waals surface area contributed by atoms with Crippen LogP contribution in [0.2, 0.25) is 0 Å². The Morgan fingerprint density at radius 1 is 0.966 bits per heavy atom. The molecule has 1 aromatic carbocycles. The number of nitrogens with zero attached hydrogens (tertiary/aromatic N) is 3. The van der Waals surface area contributed by atoms with Crippen molar-refractivity contribution in [3.8, 4) is 0 Å². The van der Waals surface area contributed by atoms with E-state index in [2.05, 4.69) is 18.7 Å². The number of carbonyl (C=O) groups excluding carboxylic acids is 2. The van der Waals surface area contributed by atoms with Crippen molar-refractivity contribution in [1.82, 2.24) is 14.7 Å². The van der Waals surface area contributed by atoms with Crippen molar-refractivity contribution in [3.63, 3.8) is 0 Å². The van der Waals surface area contributed by atoms with E-state index in [-0.39, 0.29) is 17.6 Å². The monoisotopic (exact) mass is 405 g/mol. The van der Waals surface area contributed by atoms with Gasteiger partial charge in [-0.2, -0.15) is 0 Å². The fraction of sp³-hybridized carbons (Fsp3) is 0.652. The SMILES string of the molecule is CCCN(CCC)C(=O)CCCC(=O)N1CCCN(Cc2ccc(F)cc2)CC1. The van der Waals surface area contributed by atoms with Gasteiger partial charge in [0.2, 0.25) is 11.8 Å². The highest BCUT2D eigenvalue weighted by atomic mass is 19.1. The van der Waals surface area contributed by atoms with Gasteiger partial charge < -0.3 is 9.80 Å². The lowest BCUT2D eigenvalue weighted by Gasteiger charge is -2.23. The van der Waals surface area contributed by atoms with Crippen molar-refractivity contribution in [3.05, 3.63) is 35.6 Å². The van der Waals surface area contributed by atoms with E-state index in [4.69, 9.17) is 0 Å². The zero-order chi connectivity index (χ0) is 21.1. The van der Waals surface area contributed by atoms with E-state index in [9.17, 15) is 14.0 Å². The Kier molecular flexibility index (Phi) is 10.1. The molecule has 1 heterocycles. The van der Waals surface area contributed by atoms with Gasteiger partial charge in [-0.05, 0) is 43.4 Å². The van der Waals surface area contributed by atoms with Gasteiger partial charge in [0.05, 0.1) is 0 Å². The summed E-state index contributed by atoms with van der Waals surface area (Å²) in [4.78, 5) is 31.1. The van der Waals surface area contributed by atoms with E-state index >= 15 is 0 Å². The molecule has 0 spiro atoms. The Labute approximate surface area is 174 Å². The molecule has 0 N–H and O–H groups in total. The van der Waals surface area contributed by atoms with Gasteiger partial charge in [-0.15, -0.1) is 0 Å². The highest BCUT2D eigenvalue weighted by Crippen LogP contribution is 2.12. The van der Waals surface area contributed by atoms with Crippen LogP contribution in [-0.4, -0.2) is 65.8 Å². The molecule has 0 aliphatic carbocycles. The van der Waals surface area contributed by atoms with E-state index < -0.39 is 0 Å². The Morgan fingerprint density at radius 3 is 2.31 bits per heavy atom. The van der Waals surface area contributed by atoms with Crippen LogP contribution in [-0.2, 0) is 16.1 Å². The fourth-order valence-electron chi connectivity index (χ4n) is 3.83. The summed E-state index contributed by atoms with van der Waals surface area (Å²) < 4.78 is 13.1. The lowest BCUT2D eigenvalue weighted by molar-refractivity contribution is -0.132. The highest BCUT2D eigenvalue weighted by Gasteiger charge is 2.20. The van der Waals surface area contributed by atoms with E-state index in [1.165, 1.54) is 12.1 Å². The number of amides is 2. The quantitative estimate of drug-likeness (QED) is 0.596. The van der Waals surface area contributed by atoms with Gasteiger partial charge in [-0.25, -0.2) is 4.39 Å². The molecule has 5 nitrogen and oxygen atoms in total. The molecule has 0 saturated carbocycles. The Hall–Kier alpha value is -1.95. The number of hydrogen-bond acceptors (Lipinski definition) is 3. The van der Waals surface area contributed by atoms with Crippen molar-refractivity contribution in [2.24, 2.45) is 0 Å². The highest BCUT2D eigenvalue weighted by molar-refractivity contribution is 5.79. The molecule has 1 aliphatic rings. The van der Waals surface area contributed by atoms with E-state index in [0.29, 0.717) is 25.8 Å². The summed E-state index contributed by atoms with van der Waals surface area (Å²) in [6.07, 6.45) is 4.38. The van der Waals surface area contributed by atoms with Gasteiger partial charge in [0.25, 0.3) is 0 Å². The first kappa shape index (κ1) is 23.3. The van der Waals surface area contributed by atoms with Crippen LogP contribution >= 0.6 is 0 Å². The number of carbonyl (C=O) groups is 2. The second kappa shape index (κ2) is 12.6. The lowest BCUT2D eigenvalue weighted by atomic mass is 10.2. The van der Waals surface area contributed by atoms with Crippen LogP contribution in [0.1, 0.15) is 57.9 Å². The topological polar surface area (TPSA) is 43.9 Å². The average Bonchev–Trinajstić information content (AvgIpc) is 2.95. The molecule has 29 heavy (non-hydrogen) atoms. The summed E-state index contributed by atoms with van der Waals surface area (Å²) >= 11 is 0. The summed E-state index contributed by atoms with van der Waals surface area (Å²) in [6.45, 7) is 9.78. The first-order chi connectivity index (χ1) is 14.0. The minimum Gasteiger partial charge on any atom is -0.343 e. The van der Waals surface area contributed by atoms with Crippen LogP contribution in [0.5, 0.6) is 0 Å². The third-order valence-electron chi connectivity index (χ3n) is 5.38. The third-order valence-corrected chi connectivity index (χ3v) is 5.38. The Morgan fingerprint density at radius 2 is 1.66 bits per heavy atom. The van der Waals surface area contributed by atoms with Crippen LogP contribution in [0.15, 0.2) is 24.3 Å². The van der Waals surface area contributed by atoms with Gasteiger partial charge in [-0.1, -0.05) is 26.0 Å². The predicted octanol–water partition coefficient (Wildman–Crippen LogP) is 3.68. The summed E-state index contributed by atoms with van der Waals surface area (Å²) in [5.41, 5.74) is 1.09. The molecule has 0 bridgehead atoms. The molecule has 0 aromatic heterocycles. The molecule has 1 aliphatic heterocycles. The number of rotatable bonds is 10. The molecule has 1 fully saturated rings. The standard InChI is InChI=1S/C23H36FN3O2/c1-3-13-26(14-4-2)22(28)7-5-8-23(29)27-16-6-15-25(17-18-27)19-20-9-11-21(24)12-10-20/h9-12H,3-8,13-19H2,1-2H3. The van der Waals surface area contributed by atoms with Crippen LogP contribution in [0.4, 0.5) is 4.39 Å².